The van der Waals surface area contributed by atoms with Gasteiger partial charge in [0.25, 0.3) is 0 Å². The topological polar surface area (TPSA) is 35.5 Å². The van der Waals surface area contributed by atoms with Gasteiger partial charge in [0.05, 0.1) is 13.2 Å². The molecule has 0 saturated carbocycles. The lowest BCUT2D eigenvalue weighted by molar-refractivity contribution is 0.0857. The average molecular weight is 248 g/mol. The molecule has 0 bridgehead atoms. The van der Waals surface area contributed by atoms with Gasteiger partial charge in [-0.2, -0.15) is 0 Å². The highest BCUT2D eigenvalue weighted by molar-refractivity contribution is 6.00. The van der Waals surface area contributed by atoms with Crippen LogP contribution in [-0.4, -0.2) is 19.0 Å². The Bertz CT molecular complexity index is 444. The van der Waals surface area contributed by atoms with Crippen molar-refractivity contribution in [3.05, 3.63) is 23.8 Å². The van der Waals surface area contributed by atoms with Crippen molar-refractivity contribution in [1.29, 1.82) is 0 Å². The molecule has 0 spiro atoms. The monoisotopic (exact) mass is 248 g/mol. The summed E-state index contributed by atoms with van der Waals surface area (Å²) in [6, 6.07) is 5.45. The smallest absolute Gasteiger partial charge is 0.168 e. The number of Topliss-reactive ketones (excluding diaryl/α,β-unsaturated/α-hetero) is 1. The van der Waals surface area contributed by atoms with Crippen molar-refractivity contribution < 1.29 is 14.3 Å². The molecule has 1 heterocycles. The molecule has 1 aliphatic heterocycles. The zero-order valence-corrected chi connectivity index (χ0v) is 11.3. The summed E-state index contributed by atoms with van der Waals surface area (Å²) in [7, 11) is 0. The normalized spacial score (nSPS) is 15.7. The van der Waals surface area contributed by atoms with Gasteiger partial charge in [-0.25, -0.2) is 0 Å². The molecular weight excluding hydrogens is 228 g/mol. The lowest BCUT2D eigenvalue weighted by atomic mass is 9.86. The molecule has 1 aliphatic rings. The van der Waals surface area contributed by atoms with Crippen molar-refractivity contribution in [3.63, 3.8) is 0 Å². The van der Waals surface area contributed by atoms with Gasteiger partial charge in [0.15, 0.2) is 17.3 Å². The average Bonchev–Trinajstić information content (AvgIpc) is 2.27. The van der Waals surface area contributed by atoms with Gasteiger partial charge >= 0.3 is 0 Å². The van der Waals surface area contributed by atoms with Crippen LogP contribution in [0.25, 0.3) is 0 Å². The van der Waals surface area contributed by atoms with Crippen molar-refractivity contribution >= 4 is 5.78 Å². The molecule has 0 amide bonds. The third-order valence-corrected chi connectivity index (χ3v) is 2.94. The highest BCUT2D eigenvalue weighted by Gasteiger charge is 2.24. The number of carbonyl (C=O) groups is 1. The highest BCUT2D eigenvalue weighted by atomic mass is 16.5. The van der Waals surface area contributed by atoms with E-state index in [0.717, 1.165) is 18.6 Å². The van der Waals surface area contributed by atoms with Crippen molar-refractivity contribution in [3.8, 4) is 11.5 Å². The van der Waals surface area contributed by atoms with Crippen LogP contribution >= 0.6 is 0 Å². The van der Waals surface area contributed by atoms with E-state index in [9.17, 15) is 4.79 Å². The summed E-state index contributed by atoms with van der Waals surface area (Å²) >= 11 is 0. The fourth-order valence-corrected chi connectivity index (χ4v) is 1.88. The minimum atomic E-state index is -0.378. The molecule has 0 unspecified atom stereocenters. The first-order valence-electron chi connectivity index (χ1n) is 6.43. The van der Waals surface area contributed by atoms with E-state index in [4.69, 9.17) is 9.47 Å². The van der Waals surface area contributed by atoms with Crippen LogP contribution in [-0.2, 0) is 0 Å². The van der Waals surface area contributed by atoms with Gasteiger partial charge in [-0.05, 0) is 31.0 Å². The van der Waals surface area contributed by atoms with Crippen molar-refractivity contribution in [2.45, 2.75) is 33.6 Å². The summed E-state index contributed by atoms with van der Waals surface area (Å²) in [5.41, 5.74) is 0.307. The van der Waals surface area contributed by atoms with Crippen molar-refractivity contribution in [2.24, 2.45) is 5.41 Å². The van der Waals surface area contributed by atoms with Crippen LogP contribution < -0.4 is 9.47 Å². The van der Waals surface area contributed by atoms with E-state index in [1.165, 1.54) is 0 Å². The third-order valence-electron chi connectivity index (χ3n) is 2.94. The number of rotatable bonds is 1. The van der Waals surface area contributed by atoms with Crippen LogP contribution in [0.5, 0.6) is 11.5 Å². The second-order valence-corrected chi connectivity index (χ2v) is 5.64. The largest absolute Gasteiger partial charge is 0.490 e. The molecule has 0 N–H and O–H groups in total. The van der Waals surface area contributed by atoms with Gasteiger partial charge in [-0.3, -0.25) is 4.79 Å². The number of hydrogen-bond donors (Lipinski definition) is 0. The number of benzene rings is 1. The van der Waals surface area contributed by atoms with Gasteiger partial charge < -0.3 is 9.47 Å². The van der Waals surface area contributed by atoms with Gasteiger partial charge in [0.1, 0.15) is 0 Å². The Morgan fingerprint density at radius 1 is 1.06 bits per heavy atom. The lowest BCUT2D eigenvalue weighted by Gasteiger charge is -2.20. The maximum atomic E-state index is 12.2. The van der Waals surface area contributed by atoms with E-state index < -0.39 is 0 Å². The summed E-state index contributed by atoms with van der Waals surface area (Å²) < 4.78 is 11.3. The second kappa shape index (κ2) is 5.01. The molecule has 0 aromatic heterocycles. The Hall–Kier alpha value is -1.51. The minimum absolute atomic E-state index is 0.121. The van der Waals surface area contributed by atoms with Crippen molar-refractivity contribution in [1.82, 2.24) is 0 Å². The molecule has 98 valence electrons. The molecule has 3 nitrogen and oxygen atoms in total. The van der Waals surface area contributed by atoms with E-state index in [2.05, 4.69) is 0 Å². The summed E-state index contributed by atoms with van der Waals surface area (Å²) in [5.74, 6) is 1.54. The van der Waals surface area contributed by atoms with E-state index in [1.807, 2.05) is 32.9 Å². The summed E-state index contributed by atoms with van der Waals surface area (Å²) in [6.07, 6.45) is 1.99. The number of hydrogen-bond acceptors (Lipinski definition) is 3. The molecule has 0 atom stereocenters. The molecular formula is C15H20O3. The Balaban J connectivity index is 2.30. The van der Waals surface area contributed by atoms with Crippen LogP contribution in [0.4, 0.5) is 0 Å². The highest BCUT2D eigenvalue weighted by Crippen LogP contribution is 2.32. The first-order valence-corrected chi connectivity index (χ1v) is 6.43. The Morgan fingerprint density at radius 2 is 1.67 bits per heavy atom. The van der Waals surface area contributed by atoms with Gasteiger partial charge in [0.2, 0.25) is 0 Å². The SMILES string of the molecule is CC(C)(C)C(=O)c1ccc2c(c1)OCCCCO2. The van der Waals surface area contributed by atoms with Gasteiger partial charge in [-0.15, -0.1) is 0 Å². The Labute approximate surface area is 108 Å². The van der Waals surface area contributed by atoms with Crippen LogP contribution in [0.2, 0.25) is 0 Å². The van der Waals surface area contributed by atoms with E-state index in [-0.39, 0.29) is 11.2 Å². The summed E-state index contributed by atoms with van der Waals surface area (Å²) in [5, 5.41) is 0. The van der Waals surface area contributed by atoms with Crippen LogP contribution in [0.3, 0.4) is 0 Å². The van der Waals surface area contributed by atoms with E-state index in [1.54, 1.807) is 6.07 Å². The Kier molecular flexibility index (Phi) is 3.60. The van der Waals surface area contributed by atoms with Crippen molar-refractivity contribution in [2.75, 3.05) is 13.2 Å². The zero-order valence-electron chi connectivity index (χ0n) is 11.3. The second-order valence-electron chi connectivity index (χ2n) is 5.64. The summed E-state index contributed by atoms with van der Waals surface area (Å²) in [6.45, 7) is 7.16. The maximum absolute atomic E-state index is 12.2. The van der Waals surface area contributed by atoms with Crippen LogP contribution in [0.15, 0.2) is 18.2 Å². The molecule has 1 aromatic carbocycles. The Morgan fingerprint density at radius 3 is 2.28 bits per heavy atom. The number of carbonyl (C=O) groups excluding carboxylic acids is 1. The summed E-state index contributed by atoms with van der Waals surface area (Å²) in [4.78, 5) is 12.2. The zero-order chi connectivity index (χ0) is 13.2. The number of fused-ring (bicyclic) bond motifs is 1. The van der Waals surface area contributed by atoms with E-state index in [0.29, 0.717) is 24.5 Å². The van der Waals surface area contributed by atoms with Gasteiger partial charge in [0, 0.05) is 11.0 Å². The molecule has 0 aliphatic carbocycles. The molecule has 0 fully saturated rings. The molecule has 0 radical (unpaired) electrons. The number of ether oxygens (including phenoxy) is 2. The first kappa shape index (κ1) is 12.9. The van der Waals surface area contributed by atoms with E-state index >= 15 is 0 Å². The quantitative estimate of drug-likeness (QED) is 0.714. The number of ketones is 1. The maximum Gasteiger partial charge on any atom is 0.168 e. The molecule has 3 heteroatoms. The lowest BCUT2D eigenvalue weighted by Crippen LogP contribution is -2.20. The fourth-order valence-electron chi connectivity index (χ4n) is 1.88. The minimum Gasteiger partial charge on any atom is -0.490 e. The standard InChI is InChI=1S/C15H20O3/c1-15(2,3)14(16)11-6-7-12-13(10-11)18-9-5-4-8-17-12/h6-7,10H,4-5,8-9H2,1-3H3. The van der Waals surface area contributed by atoms with Crippen LogP contribution in [0, 0.1) is 5.41 Å². The first-order chi connectivity index (χ1) is 8.48. The third kappa shape index (κ3) is 2.84. The molecule has 0 saturated heterocycles. The van der Waals surface area contributed by atoms with Gasteiger partial charge in [-0.1, -0.05) is 20.8 Å². The molecule has 18 heavy (non-hydrogen) atoms. The predicted molar refractivity (Wildman–Crippen MR) is 70.5 cm³/mol. The molecule has 2 rings (SSSR count). The predicted octanol–water partition coefficient (Wildman–Crippen LogP) is 3.47. The van der Waals surface area contributed by atoms with Crippen LogP contribution in [0.1, 0.15) is 44.0 Å². The molecule has 1 aromatic rings. The fraction of sp³-hybridized carbons (Fsp3) is 0.533.